The molecule has 2 aromatic heterocycles. The minimum Gasteiger partial charge on any atom is -0.293 e. The molecule has 19 heavy (non-hydrogen) atoms. The number of hydrogen-bond donors (Lipinski definition) is 0. The molecule has 0 N–H and O–H groups in total. The van der Waals surface area contributed by atoms with Gasteiger partial charge < -0.3 is 0 Å². The van der Waals surface area contributed by atoms with Crippen LogP contribution in [0.25, 0.3) is 0 Å². The third-order valence-corrected chi connectivity index (χ3v) is 4.46. The SMILES string of the molecule is CC(C)(C)c1ccc(C(=O)CCc2ccnnc2)s1. The summed E-state index contributed by atoms with van der Waals surface area (Å²) in [4.78, 5) is 14.2. The van der Waals surface area contributed by atoms with Crippen molar-refractivity contribution in [3.8, 4) is 0 Å². The van der Waals surface area contributed by atoms with E-state index in [2.05, 4.69) is 37.0 Å². The first kappa shape index (κ1) is 13.9. The Hall–Kier alpha value is -1.55. The fourth-order valence-corrected chi connectivity index (χ4v) is 2.77. The number of nitrogens with zero attached hydrogens (tertiary/aromatic N) is 2. The summed E-state index contributed by atoms with van der Waals surface area (Å²) in [5.41, 5.74) is 1.16. The van der Waals surface area contributed by atoms with Gasteiger partial charge in [-0.05, 0) is 35.6 Å². The highest BCUT2D eigenvalue weighted by Gasteiger charge is 2.18. The molecule has 3 nitrogen and oxygen atoms in total. The Kier molecular flexibility index (Phi) is 4.10. The van der Waals surface area contributed by atoms with E-state index >= 15 is 0 Å². The van der Waals surface area contributed by atoms with E-state index in [1.165, 1.54) is 4.88 Å². The molecule has 2 rings (SSSR count). The Balaban J connectivity index is 1.99. The lowest BCUT2D eigenvalue weighted by molar-refractivity contribution is 0.0986. The van der Waals surface area contributed by atoms with Crippen LogP contribution in [0.4, 0.5) is 0 Å². The van der Waals surface area contributed by atoms with Gasteiger partial charge in [-0.15, -0.1) is 11.3 Å². The zero-order chi connectivity index (χ0) is 13.9. The summed E-state index contributed by atoms with van der Waals surface area (Å²) >= 11 is 1.61. The van der Waals surface area contributed by atoms with Gasteiger partial charge in [0.2, 0.25) is 0 Å². The number of rotatable bonds is 4. The zero-order valence-corrected chi connectivity index (χ0v) is 12.3. The number of aryl methyl sites for hydroxylation is 1. The van der Waals surface area contributed by atoms with Crippen LogP contribution in [-0.2, 0) is 11.8 Å². The van der Waals surface area contributed by atoms with E-state index in [0.29, 0.717) is 6.42 Å². The first-order valence-electron chi connectivity index (χ1n) is 6.36. The molecule has 0 unspecified atom stereocenters. The monoisotopic (exact) mass is 274 g/mol. The van der Waals surface area contributed by atoms with E-state index in [0.717, 1.165) is 16.9 Å². The lowest BCUT2D eigenvalue weighted by Crippen LogP contribution is -2.07. The summed E-state index contributed by atoms with van der Waals surface area (Å²) in [6.07, 6.45) is 4.61. The van der Waals surface area contributed by atoms with Crippen LogP contribution in [0.3, 0.4) is 0 Å². The van der Waals surface area contributed by atoms with E-state index in [4.69, 9.17) is 0 Å². The fraction of sp³-hybridized carbons (Fsp3) is 0.400. The largest absolute Gasteiger partial charge is 0.293 e. The van der Waals surface area contributed by atoms with E-state index < -0.39 is 0 Å². The molecule has 0 spiro atoms. The van der Waals surface area contributed by atoms with Gasteiger partial charge in [0.25, 0.3) is 0 Å². The molecule has 0 atom stereocenters. The van der Waals surface area contributed by atoms with Crippen LogP contribution in [0.5, 0.6) is 0 Å². The van der Waals surface area contributed by atoms with Crippen LogP contribution in [0.15, 0.2) is 30.6 Å². The number of ketones is 1. The second-order valence-corrected chi connectivity index (χ2v) is 6.67. The molecule has 0 aliphatic carbocycles. The van der Waals surface area contributed by atoms with Gasteiger partial charge in [-0.25, -0.2) is 0 Å². The van der Waals surface area contributed by atoms with Crippen molar-refractivity contribution in [1.82, 2.24) is 10.2 Å². The van der Waals surface area contributed by atoms with Gasteiger partial charge in [-0.2, -0.15) is 10.2 Å². The smallest absolute Gasteiger partial charge is 0.173 e. The maximum absolute atomic E-state index is 12.1. The molecule has 4 heteroatoms. The quantitative estimate of drug-likeness (QED) is 0.799. The molecule has 0 radical (unpaired) electrons. The molecule has 2 heterocycles. The molecule has 0 fully saturated rings. The number of hydrogen-bond acceptors (Lipinski definition) is 4. The molecular formula is C15H18N2OS. The zero-order valence-electron chi connectivity index (χ0n) is 11.5. The number of carbonyl (C=O) groups is 1. The van der Waals surface area contributed by atoms with Gasteiger partial charge in [-0.1, -0.05) is 20.8 Å². The van der Waals surface area contributed by atoms with Crippen LogP contribution < -0.4 is 0 Å². The highest BCUT2D eigenvalue weighted by atomic mass is 32.1. The number of carbonyl (C=O) groups excluding carboxylic acids is 1. The van der Waals surface area contributed by atoms with Crippen molar-refractivity contribution in [3.05, 3.63) is 45.9 Å². The lowest BCUT2D eigenvalue weighted by atomic mass is 9.95. The molecule has 100 valence electrons. The first-order valence-corrected chi connectivity index (χ1v) is 7.17. The highest BCUT2D eigenvalue weighted by molar-refractivity contribution is 7.14. The van der Waals surface area contributed by atoms with Crippen LogP contribution in [0, 0.1) is 0 Å². The fourth-order valence-electron chi connectivity index (χ4n) is 1.74. The van der Waals surface area contributed by atoms with Crippen molar-refractivity contribution in [2.75, 3.05) is 0 Å². The number of thiophene rings is 1. The van der Waals surface area contributed by atoms with Gasteiger partial charge in [0.05, 0.1) is 11.1 Å². The van der Waals surface area contributed by atoms with Gasteiger partial charge in [0.15, 0.2) is 5.78 Å². The van der Waals surface area contributed by atoms with Crippen molar-refractivity contribution >= 4 is 17.1 Å². The minimum atomic E-state index is 0.109. The summed E-state index contributed by atoms with van der Waals surface area (Å²) in [6.45, 7) is 6.49. The topological polar surface area (TPSA) is 42.9 Å². The summed E-state index contributed by atoms with van der Waals surface area (Å²) in [5, 5.41) is 7.54. The minimum absolute atomic E-state index is 0.109. The summed E-state index contributed by atoms with van der Waals surface area (Å²) in [7, 11) is 0. The van der Waals surface area contributed by atoms with Crippen molar-refractivity contribution in [1.29, 1.82) is 0 Å². The van der Waals surface area contributed by atoms with Gasteiger partial charge in [0, 0.05) is 17.5 Å². The molecule has 0 aromatic carbocycles. The van der Waals surface area contributed by atoms with Crippen molar-refractivity contribution in [2.24, 2.45) is 0 Å². The van der Waals surface area contributed by atoms with Gasteiger partial charge in [0.1, 0.15) is 0 Å². The predicted molar refractivity (Wildman–Crippen MR) is 77.7 cm³/mol. The van der Waals surface area contributed by atoms with E-state index in [1.807, 2.05) is 12.1 Å². The Morgan fingerprint density at radius 1 is 1.21 bits per heavy atom. The normalized spacial score (nSPS) is 11.5. The molecule has 0 aliphatic heterocycles. The number of aromatic nitrogens is 2. The highest BCUT2D eigenvalue weighted by Crippen LogP contribution is 2.30. The van der Waals surface area contributed by atoms with E-state index in [9.17, 15) is 4.79 Å². The van der Waals surface area contributed by atoms with Crippen LogP contribution in [-0.4, -0.2) is 16.0 Å². The second kappa shape index (κ2) is 5.61. The number of Topliss-reactive ketones (excluding diaryl/α,β-unsaturated/α-hetero) is 1. The second-order valence-electron chi connectivity index (χ2n) is 5.59. The molecule has 0 saturated heterocycles. The maximum atomic E-state index is 12.1. The van der Waals surface area contributed by atoms with Gasteiger partial charge in [-0.3, -0.25) is 4.79 Å². The first-order chi connectivity index (χ1) is 8.97. The Morgan fingerprint density at radius 3 is 2.58 bits per heavy atom. The molecule has 0 bridgehead atoms. The third-order valence-electron chi connectivity index (χ3n) is 2.91. The standard InChI is InChI=1S/C15H18N2OS/c1-15(2,3)14-7-6-13(19-14)12(18)5-4-11-8-9-16-17-10-11/h6-10H,4-5H2,1-3H3. The molecule has 0 saturated carbocycles. The van der Waals surface area contributed by atoms with E-state index in [-0.39, 0.29) is 11.2 Å². The Labute approximate surface area is 117 Å². The average Bonchev–Trinajstić information content (AvgIpc) is 2.87. The molecule has 2 aromatic rings. The van der Waals surface area contributed by atoms with E-state index in [1.54, 1.807) is 23.7 Å². The van der Waals surface area contributed by atoms with Crippen LogP contribution >= 0.6 is 11.3 Å². The van der Waals surface area contributed by atoms with Crippen molar-refractivity contribution in [3.63, 3.8) is 0 Å². The third kappa shape index (κ3) is 3.70. The lowest BCUT2D eigenvalue weighted by Gasteiger charge is -2.15. The Morgan fingerprint density at radius 2 is 2.00 bits per heavy atom. The van der Waals surface area contributed by atoms with Crippen LogP contribution in [0.1, 0.15) is 47.3 Å². The maximum Gasteiger partial charge on any atom is 0.173 e. The Bertz CT molecular complexity index is 555. The predicted octanol–water partition coefficient (Wildman–Crippen LogP) is 3.65. The molecule has 0 aliphatic rings. The van der Waals surface area contributed by atoms with Crippen molar-refractivity contribution < 1.29 is 4.79 Å². The molecule has 0 amide bonds. The summed E-state index contributed by atoms with van der Waals surface area (Å²) < 4.78 is 0. The van der Waals surface area contributed by atoms with Crippen molar-refractivity contribution in [2.45, 2.75) is 39.0 Å². The van der Waals surface area contributed by atoms with Gasteiger partial charge >= 0.3 is 0 Å². The molecular weight excluding hydrogens is 256 g/mol. The van der Waals surface area contributed by atoms with Crippen LogP contribution in [0.2, 0.25) is 0 Å². The average molecular weight is 274 g/mol. The summed E-state index contributed by atoms with van der Waals surface area (Å²) in [5.74, 6) is 0.206. The summed E-state index contributed by atoms with van der Waals surface area (Å²) in [6, 6.07) is 5.90.